The highest BCUT2D eigenvalue weighted by molar-refractivity contribution is 6.30. The minimum Gasteiger partial charge on any atom is -0.493 e. The van der Waals surface area contributed by atoms with E-state index in [-0.39, 0.29) is 6.61 Å². The molecular weight excluding hydrogens is 380 g/mol. The molecule has 1 aliphatic rings. The van der Waals surface area contributed by atoms with Crippen molar-refractivity contribution in [3.8, 4) is 17.2 Å². The molecule has 28 heavy (non-hydrogen) atoms. The van der Waals surface area contributed by atoms with E-state index in [0.29, 0.717) is 23.8 Å². The summed E-state index contributed by atoms with van der Waals surface area (Å²) in [7, 11) is 3.16. The fraction of sp³-hybridized carbons (Fsp3) is 0.429. The third kappa shape index (κ3) is 5.22. The smallest absolute Gasteiger partial charge is 0.203 e. The molecular formula is C21H27ClN2O4. The highest BCUT2D eigenvalue weighted by Crippen LogP contribution is 2.36. The number of anilines is 1. The Bertz CT molecular complexity index is 744. The summed E-state index contributed by atoms with van der Waals surface area (Å²) >= 11 is 6.09. The number of nitrogens with zero attached hydrogens (tertiary/aromatic N) is 2. The number of methoxy groups -OCH3 is 2. The van der Waals surface area contributed by atoms with Gasteiger partial charge in [0.1, 0.15) is 12.7 Å². The van der Waals surface area contributed by atoms with Crippen molar-refractivity contribution in [1.82, 2.24) is 4.90 Å². The van der Waals surface area contributed by atoms with Crippen LogP contribution in [0.5, 0.6) is 17.2 Å². The standard InChI is InChI=1S/C21H27ClN2O4/c1-26-19-7-4-8-20(27-2)21(19)28-15-18(25)14-23-9-11-24(12-10-23)17-6-3-5-16(22)13-17/h3-8,13,18,25H,9-12,14-15H2,1-2H3/t18-/m0/s1. The van der Waals surface area contributed by atoms with Crippen LogP contribution in [0.3, 0.4) is 0 Å². The largest absolute Gasteiger partial charge is 0.493 e. The van der Waals surface area contributed by atoms with Crippen molar-refractivity contribution in [3.63, 3.8) is 0 Å². The van der Waals surface area contributed by atoms with Crippen molar-refractivity contribution in [3.05, 3.63) is 47.5 Å². The molecule has 6 nitrogen and oxygen atoms in total. The van der Waals surface area contributed by atoms with Crippen LogP contribution in [0.25, 0.3) is 0 Å². The molecule has 2 aromatic carbocycles. The Kier molecular flexibility index (Phi) is 7.25. The summed E-state index contributed by atoms with van der Waals surface area (Å²) in [5, 5.41) is 11.2. The highest BCUT2D eigenvalue weighted by Gasteiger charge is 2.21. The lowest BCUT2D eigenvalue weighted by Gasteiger charge is -2.37. The van der Waals surface area contributed by atoms with Gasteiger partial charge in [0.05, 0.1) is 14.2 Å². The van der Waals surface area contributed by atoms with Gasteiger partial charge in [0, 0.05) is 43.4 Å². The zero-order valence-electron chi connectivity index (χ0n) is 16.3. The van der Waals surface area contributed by atoms with Crippen LogP contribution in [-0.2, 0) is 0 Å². The number of hydrogen-bond donors (Lipinski definition) is 1. The van der Waals surface area contributed by atoms with Gasteiger partial charge in [0.15, 0.2) is 11.5 Å². The first-order valence-electron chi connectivity index (χ1n) is 9.35. The van der Waals surface area contributed by atoms with Crippen molar-refractivity contribution in [2.75, 3.05) is 58.5 Å². The number of aliphatic hydroxyl groups is 1. The minimum absolute atomic E-state index is 0.172. The molecule has 1 N–H and O–H groups in total. The van der Waals surface area contributed by atoms with Crippen LogP contribution in [0.15, 0.2) is 42.5 Å². The van der Waals surface area contributed by atoms with Gasteiger partial charge in [-0.3, -0.25) is 4.90 Å². The molecule has 0 amide bonds. The molecule has 152 valence electrons. The van der Waals surface area contributed by atoms with E-state index in [1.54, 1.807) is 26.4 Å². The van der Waals surface area contributed by atoms with Crippen LogP contribution >= 0.6 is 11.6 Å². The fourth-order valence-electron chi connectivity index (χ4n) is 3.35. The number of piperazine rings is 1. The average Bonchev–Trinajstić information content (AvgIpc) is 2.72. The molecule has 1 fully saturated rings. The normalized spacial score (nSPS) is 15.9. The van der Waals surface area contributed by atoms with Crippen molar-refractivity contribution in [2.45, 2.75) is 6.10 Å². The first-order chi connectivity index (χ1) is 13.6. The molecule has 3 rings (SSSR count). The Balaban J connectivity index is 1.48. The predicted octanol–water partition coefficient (Wildman–Crippen LogP) is 2.92. The second-order valence-corrected chi connectivity index (χ2v) is 7.16. The number of β-amino-alcohol motifs (C(OH)–C–C–N with tert-alkyl or cyclic N) is 1. The lowest BCUT2D eigenvalue weighted by molar-refractivity contribution is 0.0643. The van der Waals surface area contributed by atoms with Gasteiger partial charge in [0.2, 0.25) is 5.75 Å². The first kappa shape index (κ1) is 20.6. The van der Waals surface area contributed by atoms with Crippen LogP contribution in [0.1, 0.15) is 0 Å². The van der Waals surface area contributed by atoms with Crippen molar-refractivity contribution in [1.29, 1.82) is 0 Å². The summed E-state index contributed by atoms with van der Waals surface area (Å²) in [6.45, 7) is 4.28. The van der Waals surface area contributed by atoms with Gasteiger partial charge >= 0.3 is 0 Å². The molecule has 0 aliphatic carbocycles. The fourth-order valence-corrected chi connectivity index (χ4v) is 3.54. The van der Waals surface area contributed by atoms with Crippen LogP contribution in [0.4, 0.5) is 5.69 Å². The Morgan fingerprint density at radius 1 is 1.00 bits per heavy atom. The Labute approximate surface area is 171 Å². The highest BCUT2D eigenvalue weighted by atomic mass is 35.5. The van der Waals surface area contributed by atoms with Gasteiger partial charge in [0.25, 0.3) is 0 Å². The topological polar surface area (TPSA) is 54.4 Å². The first-order valence-corrected chi connectivity index (χ1v) is 9.73. The predicted molar refractivity (Wildman–Crippen MR) is 111 cm³/mol. The molecule has 0 unspecified atom stereocenters. The third-order valence-corrected chi connectivity index (χ3v) is 5.05. The van der Waals surface area contributed by atoms with Gasteiger partial charge < -0.3 is 24.2 Å². The molecule has 0 spiro atoms. The Morgan fingerprint density at radius 3 is 2.25 bits per heavy atom. The van der Waals surface area contributed by atoms with E-state index >= 15 is 0 Å². The van der Waals surface area contributed by atoms with E-state index in [1.165, 1.54) is 0 Å². The molecule has 2 aromatic rings. The Hall–Kier alpha value is -2.15. The molecule has 0 radical (unpaired) electrons. The average molecular weight is 407 g/mol. The molecule has 7 heteroatoms. The monoisotopic (exact) mass is 406 g/mol. The maximum absolute atomic E-state index is 10.4. The molecule has 0 bridgehead atoms. The maximum atomic E-state index is 10.4. The zero-order valence-corrected chi connectivity index (χ0v) is 17.1. The quantitative estimate of drug-likeness (QED) is 0.727. The van der Waals surface area contributed by atoms with E-state index in [2.05, 4.69) is 15.9 Å². The number of para-hydroxylation sites is 1. The van der Waals surface area contributed by atoms with Gasteiger partial charge in [-0.05, 0) is 30.3 Å². The summed E-state index contributed by atoms with van der Waals surface area (Å²) < 4.78 is 16.4. The lowest BCUT2D eigenvalue weighted by atomic mass is 10.2. The van der Waals surface area contributed by atoms with E-state index < -0.39 is 6.10 Å². The summed E-state index contributed by atoms with van der Waals surface area (Å²) in [6, 6.07) is 13.4. The molecule has 1 atom stereocenters. The summed E-state index contributed by atoms with van der Waals surface area (Å²) in [4.78, 5) is 4.56. The van der Waals surface area contributed by atoms with Gasteiger partial charge in [-0.1, -0.05) is 23.7 Å². The molecule has 1 heterocycles. The third-order valence-electron chi connectivity index (χ3n) is 4.82. The number of hydrogen-bond acceptors (Lipinski definition) is 6. The number of halogens is 1. The van der Waals surface area contributed by atoms with Crippen LogP contribution < -0.4 is 19.1 Å². The van der Waals surface area contributed by atoms with Gasteiger partial charge in [-0.2, -0.15) is 0 Å². The SMILES string of the molecule is COc1cccc(OC)c1OC[C@@H](O)CN1CCN(c2cccc(Cl)c2)CC1. The second kappa shape index (κ2) is 9.87. The van der Waals surface area contributed by atoms with Crippen molar-refractivity contribution in [2.24, 2.45) is 0 Å². The number of aliphatic hydroxyl groups excluding tert-OH is 1. The van der Waals surface area contributed by atoms with Crippen LogP contribution in [0, 0.1) is 0 Å². The minimum atomic E-state index is -0.604. The molecule has 1 saturated heterocycles. The summed E-state index contributed by atoms with van der Waals surface area (Å²) in [5.41, 5.74) is 1.14. The molecule has 0 aromatic heterocycles. The number of benzene rings is 2. The van der Waals surface area contributed by atoms with E-state index in [1.807, 2.05) is 24.3 Å². The van der Waals surface area contributed by atoms with Crippen LogP contribution in [0.2, 0.25) is 5.02 Å². The van der Waals surface area contributed by atoms with E-state index in [0.717, 1.165) is 36.9 Å². The van der Waals surface area contributed by atoms with Gasteiger partial charge in [-0.25, -0.2) is 0 Å². The summed E-state index contributed by atoms with van der Waals surface area (Å²) in [6.07, 6.45) is -0.604. The number of rotatable bonds is 8. The van der Waals surface area contributed by atoms with Gasteiger partial charge in [-0.15, -0.1) is 0 Å². The van der Waals surface area contributed by atoms with Crippen molar-refractivity contribution < 1.29 is 19.3 Å². The zero-order chi connectivity index (χ0) is 19.9. The van der Waals surface area contributed by atoms with Crippen molar-refractivity contribution >= 4 is 17.3 Å². The number of ether oxygens (including phenoxy) is 3. The summed E-state index contributed by atoms with van der Waals surface area (Å²) in [5.74, 6) is 1.68. The van der Waals surface area contributed by atoms with E-state index in [4.69, 9.17) is 25.8 Å². The molecule has 1 aliphatic heterocycles. The van der Waals surface area contributed by atoms with E-state index in [9.17, 15) is 5.11 Å². The second-order valence-electron chi connectivity index (χ2n) is 6.72. The Morgan fingerprint density at radius 2 is 1.64 bits per heavy atom. The van der Waals surface area contributed by atoms with Crippen LogP contribution in [-0.4, -0.2) is 69.7 Å². The lowest BCUT2D eigenvalue weighted by Crippen LogP contribution is -2.49. The molecule has 0 saturated carbocycles. The maximum Gasteiger partial charge on any atom is 0.203 e.